The van der Waals surface area contributed by atoms with Crippen molar-refractivity contribution in [3.05, 3.63) is 65.4 Å². The number of alkyl halides is 2. The average Bonchev–Trinajstić information content (AvgIpc) is 2.78. The number of hydrogen-bond acceptors (Lipinski definition) is 6. The van der Waals surface area contributed by atoms with Gasteiger partial charge in [-0.25, -0.2) is 13.8 Å². The third-order valence-corrected chi connectivity index (χ3v) is 5.48. The molecule has 3 aromatic heterocycles. The molecule has 0 radical (unpaired) electrons. The zero-order valence-electron chi connectivity index (χ0n) is 18.8. The molecule has 4 rings (SSSR count). The number of hydrogen-bond donors (Lipinski definition) is 1. The lowest BCUT2D eigenvalue weighted by Gasteiger charge is -2.34. The smallest absolute Gasteiger partial charge is 0.255 e. The number of ether oxygens (including phenoxy) is 2. The quantitative estimate of drug-likeness (QED) is 0.590. The van der Waals surface area contributed by atoms with Crippen molar-refractivity contribution in [3.63, 3.8) is 0 Å². The van der Waals surface area contributed by atoms with E-state index in [2.05, 4.69) is 20.3 Å². The summed E-state index contributed by atoms with van der Waals surface area (Å²) < 4.78 is 39.6. The van der Waals surface area contributed by atoms with Crippen LogP contribution in [-0.2, 0) is 16.1 Å². The maximum atomic E-state index is 15.1. The molecule has 172 valence electrons. The van der Waals surface area contributed by atoms with E-state index in [0.29, 0.717) is 28.1 Å². The van der Waals surface area contributed by atoms with Gasteiger partial charge in [-0.3, -0.25) is 14.8 Å². The maximum Gasteiger partial charge on any atom is 0.255 e. The number of rotatable bonds is 6. The fourth-order valence-corrected chi connectivity index (χ4v) is 3.51. The summed E-state index contributed by atoms with van der Waals surface area (Å²) in [6.45, 7) is 4.43. The first-order valence-electron chi connectivity index (χ1n) is 10.4. The number of methoxy groups -OCH3 is 1. The predicted octanol–water partition coefficient (Wildman–Crippen LogP) is 4.51. The molecule has 9 heteroatoms. The Bertz CT molecular complexity index is 1210. The van der Waals surface area contributed by atoms with Crippen molar-refractivity contribution >= 4 is 11.6 Å². The number of amides is 1. The van der Waals surface area contributed by atoms with E-state index in [1.54, 1.807) is 25.3 Å². The molecule has 1 amide bonds. The number of carbonyl (C=O) groups is 1. The van der Waals surface area contributed by atoms with E-state index in [4.69, 9.17) is 9.47 Å². The molecule has 3 aromatic rings. The van der Waals surface area contributed by atoms with E-state index < -0.39 is 17.2 Å². The lowest BCUT2D eigenvalue weighted by molar-refractivity contribution is -0.136. The second kappa shape index (κ2) is 8.47. The molecule has 1 N–H and O–H groups in total. The lowest BCUT2D eigenvalue weighted by atomic mass is 9.92. The van der Waals surface area contributed by atoms with Crippen molar-refractivity contribution in [1.29, 1.82) is 0 Å². The molecule has 4 heterocycles. The molecule has 7 nitrogen and oxygen atoms in total. The number of nitrogens with one attached hydrogen (secondary N) is 1. The van der Waals surface area contributed by atoms with Crippen LogP contribution in [-0.4, -0.2) is 41.2 Å². The Balaban J connectivity index is 1.64. The fraction of sp³-hybridized carbons (Fsp3) is 0.333. The molecule has 0 atom stereocenters. The van der Waals surface area contributed by atoms with Crippen LogP contribution in [0.3, 0.4) is 0 Å². The summed E-state index contributed by atoms with van der Waals surface area (Å²) in [5.74, 6) is -0.230. The third kappa shape index (κ3) is 4.54. The van der Waals surface area contributed by atoms with Gasteiger partial charge in [0.1, 0.15) is 5.67 Å². The number of pyridine rings is 3. The third-order valence-electron chi connectivity index (χ3n) is 5.48. The van der Waals surface area contributed by atoms with Gasteiger partial charge in [0.15, 0.2) is 5.67 Å². The highest BCUT2D eigenvalue weighted by molar-refractivity contribution is 6.04. The SMILES string of the molecule is COc1ncc(-c2cc(NC(=O)c3ccnc(C(C)(C)F)c3)cnc2C)cc1C1(F)COC1. The molecular weight excluding hydrogens is 430 g/mol. The minimum absolute atomic E-state index is 0.0641. The van der Waals surface area contributed by atoms with Crippen LogP contribution < -0.4 is 10.1 Å². The van der Waals surface area contributed by atoms with E-state index in [0.717, 1.165) is 0 Å². The maximum absolute atomic E-state index is 15.1. The molecule has 1 aliphatic rings. The molecule has 0 aliphatic carbocycles. The van der Waals surface area contributed by atoms with Gasteiger partial charge in [-0.1, -0.05) is 0 Å². The van der Waals surface area contributed by atoms with Crippen LogP contribution in [0.25, 0.3) is 11.1 Å². The normalized spacial score (nSPS) is 15.0. The molecule has 0 aromatic carbocycles. The number of nitrogens with zero attached hydrogens (tertiary/aromatic N) is 3. The van der Waals surface area contributed by atoms with E-state index >= 15 is 4.39 Å². The molecule has 1 saturated heterocycles. The number of anilines is 1. The number of aromatic nitrogens is 3. The Hall–Kier alpha value is -3.46. The first-order valence-corrected chi connectivity index (χ1v) is 10.4. The van der Waals surface area contributed by atoms with Crippen LogP contribution in [0.5, 0.6) is 5.88 Å². The zero-order chi connectivity index (χ0) is 23.8. The Morgan fingerprint density at radius 3 is 2.58 bits per heavy atom. The summed E-state index contributed by atoms with van der Waals surface area (Å²) in [5.41, 5.74) is -0.194. The van der Waals surface area contributed by atoms with E-state index in [-0.39, 0.29) is 30.4 Å². The highest BCUT2D eigenvalue weighted by atomic mass is 19.1. The molecule has 0 bridgehead atoms. The van der Waals surface area contributed by atoms with Crippen molar-refractivity contribution in [1.82, 2.24) is 15.0 Å². The van der Waals surface area contributed by atoms with Gasteiger partial charge in [0, 0.05) is 34.8 Å². The lowest BCUT2D eigenvalue weighted by Crippen LogP contribution is -2.43. The molecule has 0 spiro atoms. The number of carbonyl (C=O) groups excluding carboxylic acids is 1. The van der Waals surface area contributed by atoms with Gasteiger partial charge >= 0.3 is 0 Å². The van der Waals surface area contributed by atoms with Gasteiger partial charge in [0.2, 0.25) is 5.88 Å². The molecule has 0 saturated carbocycles. The summed E-state index contributed by atoms with van der Waals surface area (Å²) in [7, 11) is 1.44. The summed E-state index contributed by atoms with van der Waals surface area (Å²) in [6.07, 6.45) is 4.48. The summed E-state index contributed by atoms with van der Waals surface area (Å²) >= 11 is 0. The first kappa shape index (κ1) is 22.7. The van der Waals surface area contributed by atoms with Gasteiger partial charge < -0.3 is 14.8 Å². The van der Waals surface area contributed by atoms with Crippen molar-refractivity contribution in [2.45, 2.75) is 32.1 Å². The monoisotopic (exact) mass is 454 g/mol. The Labute approximate surface area is 190 Å². The van der Waals surface area contributed by atoms with Crippen molar-refractivity contribution in [3.8, 4) is 17.0 Å². The largest absolute Gasteiger partial charge is 0.481 e. The van der Waals surface area contributed by atoms with Crippen LogP contribution >= 0.6 is 0 Å². The molecule has 0 unspecified atom stereocenters. The van der Waals surface area contributed by atoms with Crippen molar-refractivity contribution in [2.75, 3.05) is 25.6 Å². The highest BCUT2D eigenvalue weighted by Crippen LogP contribution is 2.40. The van der Waals surface area contributed by atoms with E-state index in [1.165, 1.54) is 45.5 Å². The second-order valence-corrected chi connectivity index (χ2v) is 8.45. The first-order chi connectivity index (χ1) is 15.6. The minimum Gasteiger partial charge on any atom is -0.481 e. The molecular formula is C24H24F2N4O3. The van der Waals surface area contributed by atoms with Gasteiger partial charge in [-0.2, -0.15) is 0 Å². The molecule has 33 heavy (non-hydrogen) atoms. The summed E-state index contributed by atoms with van der Waals surface area (Å²) in [4.78, 5) is 25.4. The van der Waals surface area contributed by atoms with Crippen LogP contribution in [0, 0.1) is 6.92 Å². The highest BCUT2D eigenvalue weighted by Gasteiger charge is 2.43. The van der Waals surface area contributed by atoms with Crippen LogP contribution in [0.1, 0.15) is 41.2 Å². The fourth-order valence-electron chi connectivity index (χ4n) is 3.51. The number of aryl methyl sites for hydroxylation is 1. The minimum atomic E-state index is -1.67. The topological polar surface area (TPSA) is 86.2 Å². The van der Waals surface area contributed by atoms with Crippen LogP contribution in [0.2, 0.25) is 0 Å². The Morgan fingerprint density at radius 2 is 1.94 bits per heavy atom. The van der Waals surface area contributed by atoms with Gasteiger partial charge in [0.05, 0.1) is 43.5 Å². The van der Waals surface area contributed by atoms with Crippen molar-refractivity contribution < 1.29 is 23.0 Å². The zero-order valence-corrected chi connectivity index (χ0v) is 18.8. The predicted molar refractivity (Wildman–Crippen MR) is 119 cm³/mol. The van der Waals surface area contributed by atoms with Gasteiger partial charge in [-0.05, 0) is 45.0 Å². The summed E-state index contributed by atoms with van der Waals surface area (Å²) in [5, 5.41) is 2.77. The standard InChI is InChI=1S/C24H24F2N4O3/c1-14-18(16-7-19(22(32-4)29-10-16)24(26)12-33-13-24)9-17(11-28-14)30-21(31)15-5-6-27-20(8-15)23(2,3)25/h5-11H,12-13H2,1-4H3,(H,30,31). The number of halogens is 2. The van der Waals surface area contributed by atoms with Crippen LogP contribution in [0.4, 0.5) is 14.5 Å². The molecule has 1 aliphatic heterocycles. The van der Waals surface area contributed by atoms with Crippen LogP contribution in [0.15, 0.2) is 42.9 Å². The Morgan fingerprint density at radius 1 is 1.18 bits per heavy atom. The van der Waals surface area contributed by atoms with Gasteiger partial charge in [-0.15, -0.1) is 0 Å². The second-order valence-electron chi connectivity index (χ2n) is 8.45. The Kier molecular flexibility index (Phi) is 5.84. The average molecular weight is 454 g/mol. The summed E-state index contributed by atoms with van der Waals surface area (Å²) in [6, 6.07) is 6.33. The van der Waals surface area contributed by atoms with E-state index in [1.807, 2.05) is 0 Å². The van der Waals surface area contributed by atoms with Gasteiger partial charge in [0.25, 0.3) is 5.91 Å². The van der Waals surface area contributed by atoms with Crippen molar-refractivity contribution in [2.24, 2.45) is 0 Å². The van der Waals surface area contributed by atoms with E-state index in [9.17, 15) is 9.18 Å². The molecule has 1 fully saturated rings.